The second kappa shape index (κ2) is 6.80. The van der Waals surface area contributed by atoms with Crippen molar-refractivity contribution in [2.45, 2.75) is 19.4 Å². The molecule has 1 heterocycles. The van der Waals surface area contributed by atoms with Gasteiger partial charge in [-0.2, -0.15) is 0 Å². The second-order valence-electron chi connectivity index (χ2n) is 4.61. The Morgan fingerprint density at radius 2 is 2.00 bits per heavy atom. The van der Waals surface area contributed by atoms with Crippen molar-refractivity contribution in [1.82, 2.24) is 4.90 Å². The van der Waals surface area contributed by atoms with Crippen LogP contribution in [-0.4, -0.2) is 24.5 Å². The topological polar surface area (TPSA) is 42.7 Å². The van der Waals surface area contributed by atoms with Crippen LogP contribution in [0.3, 0.4) is 0 Å². The molecule has 0 aliphatic heterocycles. The molecule has 1 atom stereocenters. The van der Waals surface area contributed by atoms with Gasteiger partial charge < -0.3 is 14.1 Å². The molecular formula is C16H19NO3. The van der Waals surface area contributed by atoms with E-state index in [1.54, 1.807) is 18.2 Å². The van der Waals surface area contributed by atoms with Crippen molar-refractivity contribution < 1.29 is 13.9 Å². The van der Waals surface area contributed by atoms with E-state index in [2.05, 4.69) is 0 Å². The van der Waals surface area contributed by atoms with E-state index in [0.717, 1.165) is 11.5 Å². The summed E-state index contributed by atoms with van der Waals surface area (Å²) in [6.07, 6.45) is 1.96. The van der Waals surface area contributed by atoms with Gasteiger partial charge >= 0.3 is 0 Å². The van der Waals surface area contributed by atoms with Crippen LogP contribution in [0, 0.1) is 0 Å². The number of carbonyl (C=O) groups excluding carboxylic acids is 1. The smallest absolute Gasteiger partial charge is 0.226 e. The zero-order chi connectivity index (χ0) is 14.4. The number of hydrogen-bond donors (Lipinski definition) is 0. The molecule has 4 heteroatoms. The van der Waals surface area contributed by atoms with E-state index in [1.165, 1.54) is 0 Å². The van der Waals surface area contributed by atoms with Gasteiger partial charge in [0.05, 0.1) is 25.3 Å². The second-order valence-corrected chi connectivity index (χ2v) is 4.61. The molecule has 2 rings (SSSR count). The highest BCUT2D eigenvalue weighted by molar-refractivity contribution is 5.76. The van der Waals surface area contributed by atoms with Gasteiger partial charge in [0.2, 0.25) is 5.91 Å². The lowest BCUT2D eigenvalue weighted by atomic mass is 10.2. The number of amides is 1. The van der Waals surface area contributed by atoms with Crippen LogP contribution in [0.15, 0.2) is 53.1 Å². The molecule has 0 aliphatic rings. The first-order valence-electron chi connectivity index (χ1n) is 6.65. The van der Waals surface area contributed by atoms with Crippen LogP contribution >= 0.6 is 0 Å². The van der Waals surface area contributed by atoms with Crippen LogP contribution in [0.5, 0.6) is 5.75 Å². The third-order valence-electron chi connectivity index (χ3n) is 3.26. The van der Waals surface area contributed by atoms with E-state index >= 15 is 0 Å². The standard InChI is InChI=1S/C16H19NO3/c1-13(15-9-6-11-20-15)17(2)16(18)10-12-19-14-7-4-3-5-8-14/h3-9,11,13H,10,12H2,1-2H3. The van der Waals surface area contributed by atoms with Gasteiger partial charge in [0, 0.05) is 7.05 Å². The van der Waals surface area contributed by atoms with Gasteiger partial charge in [0.25, 0.3) is 0 Å². The third kappa shape index (κ3) is 3.63. The average molecular weight is 273 g/mol. The highest BCUT2D eigenvalue weighted by Crippen LogP contribution is 2.19. The Kier molecular flexibility index (Phi) is 4.82. The molecule has 2 aromatic rings. The summed E-state index contributed by atoms with van der Waals surface area (Å²) in [7, 11) is 1.78. The summed E-state index contributed by atoms with van der Waals surface area (Å²) in [6.45, 7) is 2.31. The zero-order valence-electron chi connectivity index (χ0n) is 11.8. The third-order valence-corrected chi connectivity index (χ3v) is 3.26. The van der Waals surface area contributed by atoms with E-state index in [9.17, 15) is 4.79 Å². The molecule has 1 amide bonds. The Morgan fingerprint density at radius 1 is 1.25 bits per heavy atom. The summed E-state index contributed by atoms with van der Waals surface area (Å²) >= 11 is 0. The molecular weight excluding hydrogens is 254 g/mol. The van der Waals surface area contributed by atoms with E-state index in [4.69, 9.17) is 9.15 Å². The van der Waals surface area contributed by atoms with Gasteiger partial charge in [-0.15, -0.1) is 0 Å². The quantitative estimate of drug-likeness (QED) is 0.811. The van der Waals surface area contributed by atoms with E-state index in [1.807, 2.05) is 49.4 Å². The SMILES string of the molecule is CC(c1ccco1)N(C)C(=O)CCOc1ccccc1. The van der Waals surface area contributed by atoms with Crippen molar-refractivity contribution in [2.24, 2.45) is 0 Å². The van der Waals surface area contributed by atoms with Crippen LogP contribution in [-0.2, 0) is 4.79 Å². The number of furan rings is 1. The van der Waals surface area contributed by atoms with Crippen LogP contribution in [0.2, 0.25) is 0 Å². The molecule has 20 heavy (non-hydrogen) atoms. The van der Waals surface area contributed by atoms with Crippen molar-refractivity contribution in [3.63, 3.8) is 0 Å². The molecule has 106 valence electrons. The minimum absolute atomic E-state index is 0.0323. The van der Waals surface area contributed by atoms with Gasteiger partial charge in [-0.25, -0.2) is 0 Å². The predicted molar refractivity (Wildman–Crippen MR) is 76.4 cm³/mol. The molecule has 0 aliphatic carbocycles. The van der Waals surface area contributed by atoms with Crippen molar-refractivity contribution in [1.29, 1.82) is 0 Å². The fourth-order valence-corrected chi connectivity index (χ4v) is 1.89. The number of nitrogens with zero attached hydrogens (tertiary/aromatic N) is 1. The van der Waals surface area contributed by atoms with Crippen molar-refractivity contribution >= 4 is 5.91 Å². The number of hydrogen-bond acceptors (Lipinski definition) is 3. The normalized spacial score (nSPS) is 11.9. The average Bonchev–Trinajstić information content (AvgIpc) is 3.01. The summed E-state index contributed by atoms with van der Waals surface area (Å²) in [5, 5.41) is 0. The van der Waals surface area contributed by atoms with Crippen molar-refractivity contribution in [3.8, 4) is 5.75 Å². The zero-order valence-corrected chi connectivity index (χ0v) is 11.8. The first-order chi connectivity index (χ1) is 9.68. The molecule has 4 nitrogen and oxygen atoms in total. The highest BCUT2D eigenvalue weighted by Gasteiger charge is 2.19. The fourth-order valence-electron chi connectivity index (χ4n) is 1.89. The largest absolute Gasteiger partial charge is 0.493 e. The Labute approximate surface area is 119 Å². The number of benzene rings is 1. The Hall–Kier alpha value is -2.23. The van der Waals surface area contributed by atoms with Gasteiger partial charge in [0.1, 0.15) is 11.5 Å². The monoisotopic (exact) mass is 273 g/mol. The molecule has 0 fully saturated rings. The van der Waals surface area contributed by atoms with Crippen molar-refractivity contribution in [3.05, 3.63) is 54.5 Å². The van der Waals surface area contributed by atoms with Gasteiger partial charge in [-0.3, -0.25) is 4.79 Å². The maximum absolute atomic E-state index is 12.1. The molecule has 0 N–H and O–H groups in total. The lowest BCUT2D eigenvalue weighted by Crippen LogP contribution is -2.30. The van der Waals surface area contributed by atoms with Gasteiger partial charge in [-0.05, 0) is 31.2 Å². The molecule has 1 unspecified atom stereocenters. The van der Waals surface area contributed by atoms with E-state index < -0.39 is 0 Å². The minimum atomic E-state index is -0.0748. The maximum atomic E-state index is 12.1. The summed E-state index contributed by atoms with van der Waals surface area (Å²) in [5.41, 5.74) is 0. The van der Waals surface area contributed by atoms with Gasteiger partial charge in [0.15, 0.2) is 0 Å². The molecule has 0 saturated carbocycles. The lowest BCUT2D eigenvalue weighted by Gasteiger charge is -2.23. The number of ether oxygens (including phenoxy) is 1. The predicted octanol–water partition coefficient (Wildman–Crippen LogP) is 3.27. The molecule has 1 aromatic carbocycles. The first kappa shape index (κ1) is 14.2. The van der Waals surface area contributed by atoms with Crippen LogP contribution in [0.4, 0.5) is 0 Å². The fraction of sp³-hybridized carbons (Fsp3) is 0.312. The van der Waals surface area contributed by atoms with Crippen LogP contribution in [0.25, 0.3) is 0 Å². The maximum Gasteiger partial charge on any atom is 0.226 e. The number of rotatable bonds is 6. The molecule has 0 saturated heterocycles. The Bertz CT molecular complexity index is 522. The Morgan fingerprint density at radius 3 is 2.65 bits per heavy atom. The van der Waals surface area contributed by atoms with E-state index in [-0.39, 0.29) is 11.9 Å². The van der Waals surface area contributed by atoms with Crippen LogP contribution < -0.4 is 4.74 Å². The summed E-state index contributed by atoms with van der Waals surface area (Å²) in [5.74, 6) is 1.59. The van der Waals surface area contributed by atoms with E-state index in [0.29, 0.717) is 13.0 Å². The molecule has 0 bridgehead atoms. The summed E-state index contributed by atoms with van der Waals surface area (Å²) in [4.78, 5) is 13.7. The Balaban J connectivity index is 1.80. The highest BCUT2D eigenvalue weighted by atomic mass is 16.5. The number of carbonyl (C=O) groups is 1. The molecule has 0 radical (unpaired) electrons. The molecule has 0 spiro atoms. The van der Waals surface area contributed by atoms with Gasteiger partial charge in [-0.1, -0.05) is 18.2 Å². The first-order valence-corrected chi connectivity index (χ1v) is 6.65. The van der Waals surface area contributed by atoms with Crippen molar-refractivity contribution in [2.75, 3.05) is 13.7 Å². The van der Waals surface area contributed by atoms with Crippen LogP contribution in [0.1, 0.15) is 25.1 Å². The molecule has 1 aromatic heterocycles. The number of para-hydroxylation sites is 1. The summed E-state index contributed by atoms with van der Waals surface area (Å²) < 4.78 is 10.8. The summed E-state index contributed by atoms with van der Waals surface area (Å²) in [6, 6.07) is 13.1. The minimum Gasteiger partial charge on any atom is -0.493 e. The lowest BCUT2D eigenvalue weighted by molar-refractivity contribution is -0.132.